The smallest absolute Gasteiger partial charge is 0.360 e. The van der Waals surface area contributed by atoms with E-state index in [1.807, 2.05) is 66.7 Å². The molecule has 3 rings (SSSR count). The third-order valence-electron chi connectivity index (χ3n) is 3.59. The van der Waals surface area contributed by atoms with Crippen LogP contribution in [0.15, 0.2) is 72.9 Å². The quantitative estimate of drug-likeness (QED) is 0.664. The summed E-state index contributed by atoms with van der Waals surface area (Å²) in [5.74, 6) is -0.0877. The highest BCUT2D eigenvalue weighted by molar-refractivity contribution is 5.93. The van der Waals surface area contributed by atoms with Gasteiger partial charge in [0.05, 0.1) is 7.11 Å². The molecular formula is C20H17NO3. The van der Waals surface area contributed by atoms with Crippen LogP contribution in [0.25, 0.3) is 11.1 Å². The van der Waals surface area contributed by atoms with E-state index < -0.39 is 5.97 Å². The molecule has 1 heterocycles. The van der Waals surface area contributed by atoms with Gasteiger partial charge in [-0.2, -0.15) is 0 Å². The van der Waals surface area contributed by atoms with Gasteiger partial charge in [-0.25, -0.2) is 9.78 Å². The Morgan fingerprint density at radius 2 is 1.62 bits per heavy atom. The van der Waals surface area contributed by atoms with E-state index >= 15 is 0 Å². The number of hydrogen-bond acceptors (Lipinski definition) is 4. The van der Waals surface area contributed by atoms with Gasteiger partial charge in [-0.1, -0.05) is 60.7 Å². The van der Waals surface area contributed by atoms with Gasteiger partial charge in [0.15, 0.2) is 11.4 Å². The second-order valence-electron chi connectivity index (χ2n) is 5.17. The average molecular weight is 319 g/mol. The Kier molecular flexibility index (Phi) is 4.87. The van der Waals surface area contributed by atoms with E-state index in [2.05, 4.69) is 4.98 Å². The molecule has 0 radical (unpaired) electrons. The topological polar surface area (TPSA) is 48.4 Å². The van der Waals surface area contributed by atoms with Gasteiger partial charge in [0.2, 0.25) is 0 Å². The van der Waals surface area contributed by atoms with Gasteiger partial charge in [0, 0.05) is 11.8 Å². The van der Waals surface area contributed by atoms with Crippen molar-refractivity contribution in [1.29, 1.82) is 0 Å². The predicted octanol–water partition coefficient (Wildman–Crippen LogP) is 4.11. The van der Waals surface area contributed by atoms with Crippen LogP contribution in [0.5, 0.6) is 5.75 Å². The summed E-state index contributed by atoms with van der Waals surface area (Å²) in [6.07, 6.45) is 1.59. The molecule has 3 aromatic rings. The van der Waals surface area contributed by atoms with Crippen LogP contribution in [-0.4, -0.2) is 18.1 Å². The van der Waals surface area contributed by atoms with Crippen LogP contribution in [0, 0.1) is 0 Å². The molecule has 0 saturated heterocycles. The maximum Gasteiger partial charge on any atom is 0.360 e. The van der Waals surface area contributed by atoms with Crippen molar-refractivity contribution in [3.63, 3.8) is 0 Å². The summed E-state index contributed by atoms with van der Waals surface area (Å²) >= 11 is 0. The van der Waals surface area contributed by atoms with E-state index in [9.17, 15) is 4.79 Å². The number of pyridine rings is 1. The molecule has 0 N–H and O–H groups in total. The molecule has 0 unspecified atom stereocenters. The van der Waals surface area contributed by atoms with Crippen LogP contribution in [0.3, 0.4) is 0 Å². The summed E-state index contributed by atoms with van der Waals surface area (Å²) in [7, 11) is 1.33. The van der Waals surface area contributed by atoms with Gasteiger partial charge >= 0.3 is 5.97 Å². The second kappa shape index (κ2) is 7.42. The molecule has 0 atom stereocenters. The number of benzene rings is 2. The molecule has 0 spiro atoms. The van der Waals surface area contributed by atoms with Crippen LogP contribution in [0.1, 0.15) is 16.1 Å². The van der Waals surface area contributed by atoms with Crippen molar-refractivity contribution in [2.24, 2.45) is 0 Å². The number of esters is 1. The highest BCUT2D eigenvalue weighted by Gasteiger charge is 2.19. The molecule has 0 fully saturated rings. The number of methoxy groups -OCH3 is 1. The largest absolute Gasteiger partial charge is 0.486 e. The van der Waals surface area contributed by atoms with Crippen LogP contribution in [0.2, 0.25) is 0 Å². The lowest BCUT2D eigenvalue weighted by Crippen LogP contribution is -2.09. The van der Waals surface area contributed by atoms with Crippen LogP contribution < -0.4 is 4.74 Å². The van der Waals surface area contributed by atoms with Crippen molar-refractivity contribution in [3.8, 4) is 16.9 Å². The van der Waals surface area contributed by atoms with Crippen LogP contribution >= 0.6 is 0 Å². The zero-order valence-corrected chi connectivity index (χ0v) is 13.3. The van der Waals surface area contributed by atoms with Crippen molar-refractivity contribution in [2.45, 2.75) is 6.61 Å². The summed E-state index contributed by atoms with van der Waals surface area (Å²) < 4.78 is 10.8. The maximum atomic E-state index is 12.1. The van der Waals surface area contributed by atoms with Crippen molar-refractivity contribution >= 4 is 5.97 Å². The summed E-state index contributed by atoms with van der Waals surface area (Å²) in [5.41, 5.74) is 2.95. The summed E-state index contributed by atoms with van der Waals surface area (Å²) in [5, 5.41) is 0. The Balaban J connectivity index is 2.01. The minimum absolute atomic E-state index is 0.176. The standard InChI is InChI=1S/C20H17NO3/c1-23-20(22)18-19(24-14-15-8-4-2-5-9-15)17(12-13-21-18)16-10-6-3-7-11-16/h2-13H,14H2,1H3. The number of aromatic nitrogens is 1. The molecular weight excluding hydrogens is 302 g/mol. The SMILES string of the molecule is COC(=O)c1nccc(-c2ccccc2)c1OCc1ccccc1. The highest BCUT2D eigenvalue weighted by atomic mass is 16.5. The van der Waals surface area contributed by atoms with E-state index in [0.717, 1.165) is 16.7 Å². The van der Waals surface area contributed by atoms with E-state index in [4.69, 9.17) is 9.47 Å². The lowest BCUT2D eigenvalue weighted by molar-refractivity contribution is 0.0588. The number of rotatable bonds is 5. The second-order valence-corrected chi connectivity index (χ2v) is 5.17. The maximum absolute atomic E-state index is 12.1. The first-order valence-electron chi connectivity index (χ1n) is 7.59. The van der Waals surface area contributed by atoms with Gasteiger partial charge in [-0.05, 0) is 17.2 Å². The van der Waals surface area contributed by atoms with E-state index in [1.54, 1.807) is 6.20 Å². The minimum Gasteiger partial charge on any atom is -0.486 e. The Morgan fingerprint density at radius 3 is 2.29 bits per heavy atom. The van der Waals surface area contributed by atoms with E-state index in [1.165, 1.54) is 7.11 Å². The number of ether oxygens (including phenoxy) is 2. The summed E-state index contributed by atoms with van der Waals surface area (Å²) in [6.45, 7) is 0.344. The van der Waals surface area contributed by atoms with Crippen molar-refractivity contribution in [3.05, 3.63) is 84.2 Å². The molecule has 1 aromatic heterocycles. The molecule has 0 aliphatic carbocycles. The molecule has 120 valence electrons. The number of hydrogen-bond donors (Lipinski definition) is 0. The molecule has 4 heteroatoms. The highest BCUT2D eigenvalue weighted by Crippen LogP contribution is 2.33. The molecule has 0 aliphatic rings. The predicted molar refractivity (Wildman–Crippen MR) is 91.8 cm³/mol. The molecule has 2 aromatic carbocycles. The van der Waals surface area contributed by atoms with Crippen molar-refractivity contribution in [1.82, 2.24) is 4.98 Å². The molecule has 24 heavy (non-hydrogen) atoms. The van der Waals surface area contributed by atoms with E-state index in [0.29, 0.717) is 12.4 Å². The Morgan fingerprint density at radius 1 is 0.958 bits per heavy atom. The van der Waals surface area contributed by atoms with Gasteiger partial charge in [0.25, 0.3) is 0 Å². The summed E-state index contributed by atoms with van der Waals surface area (Å²) in [6, 6.07) is 21.4. The average Bonchev–Trinajstić information content (AvgIpc) is 2.67. The lowest BCUT2D eigenvalue weighted by Gasteiger charge is -2.14. The first-order valence-corrected chi connectivity index (χ1v) is 7.59. The zero-order valence-electron chi connectivity index (χ0n) is 13.3. The monoisotopic (exact) mass is 319 g/mol. The first-order chi connectivity index (χ1) is 11.8. The Labute approximate surface area is 140 Å². The molecule has 4 nitrogen and oxygen atoms in total. The van der Waals surface area contributed by atoms with Crippen LogP contribution in [-0.2, 0) is 11.3 Å². The first kappa shape index (κ1) is 15.7. The number of carbonyl (C=O) groups is 1. The molecule has 0 bridgehead atoms. The molecule has 0 aliphatic heterocycles. The van der Waals surface area contributed by atoms with Crippen molar-refractivity contribution in [2.75, 3.05) is 7.11 Å². The fourth-order valence-electron chi connectivity index (χ4n) is 2.41. The lowest BCUT2D eigenvalue weighted by atomic mass is 10.0. The van der Waals surface area contributed by atoms with Gasteiger partial charge < -0.3 is 9.47 Å². The van der Waals surface area contributed by atoms with Gasteiger partial charge in [-0.3, -0.25) is 0 Å². The minimum atomic E-state index is -0.518. The van der Waals surface area contributed by atoms with E-state index in [-0.39, 0.29) is 5.69 Å². The summed E-state index contributed by atoms with van der Waals surface area (Å²) in [4.78, 5) is 16.2. The molecule has 0 amide bonds. The third-order valence-corrected chi connectivity index (χ3v) is 3.59. The van der Waals surface area contributed by atoms with Crippen LogP contribution in [0.4, 0.5) is 0 Å². The van der Waals surface area contributed by atoms with Gasteiger partial charge in [0.1, 0.15) is 6.61 Å². The fourth-order valence-corrected chi connectivity index (χ4v) is 2.41. The normalized spacial score (nSPS) is 10.2. The number of nitrogens with zero attached hydrogens (tertiary/aromatic N) is 1. The number of carbonyl (C=O) groups excluding carboxylic acids is 1. The van der Waals surface area contributed by atoms with Gasteiger partial charge in [-0.15, -0.1) is 0 Å². The zero-order chi connectivity index (χ0) is 16.8. The Hall–Kier alpha value is -3.14. The van der Waals surface area contributed by atoms with Crippen molar-refractivity contribution < 1.29 is 14.3 Å². The fraction of sp³-hybridized carbons (Fsp3) is 0.100. The molecule has 0 saturated carbocycles. The third kappa shape index (κ3) is 3.43. The Bertz CT molecular complexity index is 817.